The van der Waals surface area contributed by atoms with Crippen molar-refractivity contribution in [1.29, 1.82) is 0 Å². The number of carbonyl (C=O) groups excluding carboxylic acids is 1. The van der Waals surface area contributed by atoms with Crippen molar-refractivity contribution >= 4 is 6.09 Å². The molecule has 2 rings (SSSR count). The Balaban J connectivity index is 2.19. The van der Waals surface area contributed by atoms with E-state index in [1.54, 1.807) is 0 Å². The number of unbranched alkanes of at least 4 members (excludes halogenated alkanes) is 2. The van der Waals surface area contributed by atoms with Crippen LogP contribution in [0.3, 0.4) is 0 Å². The second-order valence-electron chi connectivity index (χ2n) is 7.13. The first-order valence-corrected chi connectivity index (χ1v) is 8.50. The van der Waals surface area contributed by atoms with Crippen molar-refractivity contribution in [3.63, 3.8) is 0 Å². The molecule has 0 saturated heterocycles. The summed E-state index contributed by atoms with van der Waals surface area (Å²) >= 11 is 0. The Morgan fingerprint density at radius 3 is 2.68 bits per heavy atom. The molecular formula is C19H29NO2. The van der Waals surface area contributed by atoms with Crippen LogP contribution >= 0.6 is 0 Å². The van der Waals surface area contributed by atoms with Gasteiger partial charge >= 0.3 is 6.09 Å². The Morgan fingerprint density at radius 1 is 1.27 bits per heavy atom. The molecule has 1 aliphatic rings. The first-order valence-electron chi connectivity index (χ1n) is 8.50. The second kappa shape index (κ2) is 7.17. The number of nitrogens with zero attached hydrogens (tertiary/aromatic N) is 1. The van der Waals surface area contributed by atoms with Gasteiger partial charge in [-0.15, -0.1) is 0 Å². The van der Waals surface area contributed by atoms with Crippen LogP contribution in [0.5, 0.6) is 0 Å². The standard InChI is InChI=1S/C19H29NO2/c1-5-6-7-12-17-16-11-9-8-10-15(16)13-14-20(17)18(21)22-19(2,3)4/h8-11,17H,5-7,12-14H2,1-4H3/t17-/m0/s1. The van der Waals surface area contributed by atoms with Gasteiger partial charge < -0.3 is 9.64 Å². The van der Waals surface area contributed by atoms with Crippen molar-refractivity contribution in [3.05, 3.63) is 35.4 Å². The van der Waals surface area contributed by atoms with Gasteiger partial charge in [0, 0.05) is 6.54 Å². The van der Waals surface area contributed by atoms with Gasteiger partial charge in [-0.3, -0.25) is 0 Å². The molecule has 0 saturated carbocycles. The number of amides is 1. The maximum Gasteiger partial charge on any atom is 0.410 e. The second-order valence-corrected chi connectivity index (χ2v) is 7.13. The first kappa shape index (κ1) is 16.9. The fourth-order valence-electron chi connectivity index (χ4n) is 3.09. The number of ether oxygens (including phenoxy) is 1. The maximum atomic E-state index is 12.6. The minimum Gasteiger partial charge on any atom is -0.444 e. The minimum atomic E-state index is -0.442. The molecule has 1 heterocycles. The lowest BCUT2D eigenvalue weighted by atomic mass is 9.89. The molecule has 1 aromatic rings. The van der Waals surface area contributed by atoms with E-state index in [1.165, 1.54) is 24.0 Å². The molecule has 0 aliphatic carbocycles. The number of benzene rings is 1. The van der Waals surface area contributed by atoms with E-state index >= 15 is 0 Å². The highest BCUT2D eigenvalue weighted by Crippen LogP contribution is 2.34. The fourth-order valence-corrected chi connectivity index (χ4v) is 3.09. The average molecular weight is 303 g/mol. The molecule has 1 amide bonds. The molecule has 122 valence electrons. The molecule has 0 radical (unpaired) electrons. The number of carbonyl (C=O) groups is 1. The van der Waals surface area contributed by atoms with E-state index in [4.69, 9.17) is 4.74 Å². The molecule has 3 nitrogen and oxygen atoms in total. The lowest BCUT2D eigenvalue weighted by Crippen LogP contribution is -2.43. The molecule has 0 fully saturated rings. The molecule has 1 aliphatic heterocycles. The highest BCUT2D eigenvalue weighted by atomic mass is 16.6. The Labute approximate surface area is 134 Å². The third-order valence-electron chi connectivity index (χ3n) is 4.12. The predicted molar refractivity (Wildman–Crippen MR) is 90.0 cm³/mol. The van der Waals surface area contributed by atoms with Gasteiger partial charge in [-0.2, -0.15) is 0 Å². The summed E-state index contributed by atoms with van der Waals surface area (Å²) in [7, 11) is 0. The van der Waals surface area contributed by atoms with E-state index in [1.807, 2.05) is 25.7 Å². The quantitative estimate of drug-likeness (QED) is 0.724. The zero-order valence-electron chi connectivity index (χ0n) is 14.4. The van der Waals surface area contributed by atoms with Crippen LogP contribution in [0.15, 0.2) is 24.3 Å². The van der Waals surface area contributed by atoms with Crippen molar-refractivity contribution in [3.8, 4) is 0 Å². The van der Waals surface area contributed by atoms with Crippen molar-refractivity contribution in [2.45, 2.75) is 71.4 Å². The van der Waals surface area contributed by atoms with Crippen LogP contribution < -0.4 is 0 Å². The van der Waals surface area contributed by atoms with Crippen LogP contribution in [-0.2, 0) is 11.2 Å². The van der Waals surface area contributed by atoms with E-state index in [9.17, 15) is 4.79 Å². The zero-order valence-corrected chi connectivity index (χ0v) is 14.4. The zero-order chi connectivity index (χ0) is 16.2. The lowest BCUT2D eigenvalue weighted by molar-refractivity contribution is 0.0130. The summed E-state index contributed by atoms with van der Waals surface area (Å²) in [6.45, 7) is 8.74. The van der Waals surface area contributed by atoms with Gasteiger partial charge in [0.05, 0.1) is 6.04 Å². The molecule has 0 aromatic heterocycles. The highest BCUT2D eigenvalue weighted by molar-refractivity contribution is 5.69. The maximum absolute atomic E-state index is 12.6. The lowest BCUT2D eigenvalue weighted by Gasteiger charge is -2.38. The van der Waals surface area contributed by atoms with Crippen LogP contribution in [0.1, 0.15) is 70.5 Å². The molecule has 1 aromatic carbocycles. The Hall–Kier alpha value is -1.51. The van der Waals surface area contributed by atoms with E-state index in [0.29, 0.717) is 0 Å². The summed E-state index contributed by atoms with van der Waals surface area (Å²) in [6, 6.07) is 8.68. The van der Waals surface area contributed by atoms with Crippen LogP contribution in [0.4, 0.5) is 4.79 Å². The third kappa shape index (κ3) is 4.25. The summed E-state index contributed by atoms with van der Waals surface area (Å²) in [6.07, 6.45) is 5.31. The minimum absolute atomic E-state index is 0.159. The van der Waals surface area contributed by atoms with Crippen LogP contribution in [0, 0.1) is 0 Å². The van der Waals surface area contributed by atoms with Gasteiger partial charge in [0.15, 0.2) is 0 Å². The van der Waals surface area contributed by atoms with Crippen molar-refractivity contribution in [1.82, 2.24) is 4.90 Å². The summed E-state index contributed by atoms with van der Waals surface area (Å²) in [5.41, 5.74) is 2.24. The molecule has 0 spiro atoms. The van der Waals surface area contributed by atoms with Gasteiger partial charge in [-0.05, 0) is 44.7 Å². The van der Waals surface area contributed by atoms with Gasteiger partial charge in [-0.1, -0.05) is 50.5 Å². The number of rotatable bonds is 4. The molecule has 0 N–H and O–H groups in total. The van der Waals surface area contributed by atoms with Crippen molar-refractivity contribution in [2.24, 2.45) is 0 Å². The van der Waals surface area contributed by atoms with E-state index in [-0.39, 0.29) is 12.1 Å². The van der Waals surface area contributed by atoms with Gasteiger partial charge in [0.25, 0.3) is 0 Å². The van der Waals surface area contributed by atoms with Gasteiger partial charge in [-0.25, -0.2) is 4.79 Å². The van der Waals surface area contributed by atoms with Gasteiger partial charge in [0.2, 0.25) is 0 Å². The van der Waals surface area contributed by atoms with Crippen molar-refractivity contribution < 1.29 is 9.53 Å². The largest absolute Gasteiger partial charge is 0.444 e. The SMILES string of the molecule is CCCCC[C@H]1c2ccccc2CCN1C(=O)OC(C)(C)C. The van der Waals surface area contributed by atoms with E-state index in [0.717, 1.165) is 25.8 Å². The van der Waals surface area contributed by atoms with Crippen LogP contribution in [-0.4, -0.2) is 23.1 Å². The molecule has 1 atom stereocenters. The number of fused-ring (bicyclic) bond motifs is 1. The monoisotopic (exact) mass is 303 g/mol. The normalized spacial score (nSPS) is 18.0. The molecule has 0 unspecified atom stereocenters. The van der Waals surface area contributed by atoms with E-state index in [2.05, 4.69) is 31.2 Å². The van der Waals surface area contributed by atoms with Crippen LogP contribution in [0.25, 0.3) is 0 Å². The first-order chi connectivity index (χ1) is 10.4. The highest BCUT2D eigenvalue weighted by Gasteiger charge is 2.32. The molecule has 0 bridgehead atoms. The van der Waals surface area contributed by atoms with Crippen molar-refractivity contribution in [2.75, 3.05) is 6.54 Å². The van der Waals surface area contributed by atoms with E-state index < -0.39 is 5.60 Å². The number of hydrogen-bond donors (Lipinski definition) is 0. The molecular weight excluding hydrogens is 274 g/mol. The predicted octanol–water partition coefficient (Wildman–Crippen LogP) is 5.10. The summed E-state index contributed by atoms with van der Waals surface area (Å²) in [4.78, 5) is 14.5. The molecule has 22 heavy (non-hydrogen) atoms. The number of hydrogen-bond acceptors (Lipinski definition) is 2. The third-order valence-corrected chi connectivity index (χ3v) is 4.12. The Morgan fingerprint density at radius 2 is 2.00 bits per heavy atom. The van der Waals surface area contributed by atoms with Gasteiger partial charge in [0.1, 0.15) is 5.60 Å². The summed E-state index contributed by atoms with van der Waals surface area (Å²) in [5.74, 6) is 0. The average Bonchev–Trinajstić information content (AvgIpc) is 2.45. The fraction of sp³-hybridized carbons (Fsp3) is 0.632. The molecule has 3 heteroatoms. The Kier molecular flexibility index (Phi) is 5.49. The smallest absolute Gasteiger partial charge is 0.410 e. The van der Waals surface area contributed by atoms with Crippen LogP contribution in [0.2, 0.25) is 0 Å². The summed E-state index contributed by atoms with van der Waals surface area (Å²) < 4.78 is 5.62. The topological polar surface area (TPSA) is 29.5 Å². The Bertz CT molecular complexity index is 504. The summed E-state index contributed by atoms with van der Waals surface area (Å²) in [5, 5.41) is 0.